The number of hydrogen-bond acceptors (Lipinski definition) is 5. The fourth-order valence-electron chi connectivity index (χ4n) is 2.98. The van der Waals surface area contributed by atoms with E-state index < -0.39 is 0 Å². The first-order valence-electron chi connectivity index (χ1n) is 8.82. The highest BCUT2D eigenvalue weighted by atomic mass is 32.1. The average Bonchev–Trinajstić information content (AvgIpc) is 3.38. The first kappa shape index (κ1) is 17.4. The van der Waals surface area contributed by atoms with Crippen LogP contribution in [0.2, 0.25) is 0 Å². The van der Waals surface area contributed by atoms with Gasteiger partial charge in [-0.2, -0.15) is 0 Å². The molecule has 1 aromatic carbocycles. The van der Waals surface area contributed by atoms with Gasteiger partial charge in [0.05, 0.1) is 13.7 Å². The lowest BCUT2D eigenvalue weighted by molar-refractivity contribution is 0.414. The van der Waals surface area contributed by atoms with Crippen molar-refractivity contribution in [2.75, 3.05) is 7.11 Å². The van der Waals surface area contributed by atoms with E-state index in [1.807, 2.05) is 30.3 Å². The highest BCUT2D eigenvalue weighted by Gasteiger charge is 2.15. The molecule has 5 nitrogen and oxygen atoms in total. The lowest BCUT2D eigenvalue weighted by Gasteiger charge is -2.09. The number of rotatable bonds is 7. The number of hydrogen-bond donors (Lipinski definition) is 0. The van der Waals surface area contributed by atoms with Gasteiger partial charge < -0.3 is 9.30 Å². The van der Waals surface area contributed by atoms with Crippen LogP contribution in [0.15, 0.2) is 66.2 Å². The highest BCUT2D eigenvalue weighted by molar-refractivity contribution is 7.09. The third-order valence-electron chi connectivity index (χ3n) is 4.41. The molecular formula is C21H20N4OS. The molecule has 0 saturated heterocycles. The molecule has 6 heteroatoms. The van der Waals surface area contributed by atoms with Gasteiger partial charge in [-0.1, -0.05) is 24.3 Å². The van der Waals surface area contributed by atoms with Crippen LogP contribution in [0.25, 0.3) is 11.5 Å². The Balaban J connectivity index is 1.60. The molecule has 0 N–H and O–H groups in total. The normalized spacial score (nSPS) is 10.9. The van der Waals surface area contributed by atoms with Gasteiger partial charge in [0.25, 0.3) is 0 Å². The summed E-state index contributed by atoms with van der Waals surface area (Å²) in [7, 11) is 1.68. The lowest BCUT2D eigenvalue weighted by Crippen LogP contribution is -2.08. The standard InChI is InChI=1S/C21H20N4OS/c1-26-17-10-7-16(8-11-17)9-12-20-23-24-21(19-6-2-3-13-22-19)25(20)15-18-5-4-14-27-18/h2-8,10-11,13-14H,9,12,15H2,1H3. The van der Waals surface area contributed by atoms with Crippen molar-refractivity contribution in [1.29, 1.82) is 0 Å². The quantitative estimate of drug-likeness (QED) is 0.484. The Morgan fingerprint density at radius 2 is 1.85 bits per heavy atom. The van der Waals surface area contributed by atoms with Gasteiger partial charge in [0.1, 0.15) is 17.3 Å². The van der Waals surface area contributed by atoms with Crippen LogP contribution in [0, 0.1) is 0 Å². The minimum atomic E-state index is 0.758. The number of methoxy groups -OCH3 is 1. The first-order valence-corrected chi connectivity index (χ1v) is 9.70. The summed E-state index contributed by atoms with van der Waals surface area (Å²) in [5.41, 5.74) is 2.10. The molecule has 0 fully saturated rings. The number of thiophene rings is 1. The minimum Gasteiger partial charge on any atom is -0.497 e. The molecule has 0 aliphatic rings. The van der Waals surface area contributed by atoms with Gasteiger partial charge in [0.2, 0.25) is 0 Å². The van der Waals surface area contributed by atoms with Crippen LogP contribution in [-0.4, -0.2) is 26.9 Å². The molecular weight excluding hydrogens is 356 g/mol. The topological polar surface area (TPSA) is 52.8 Å². The molecule has 3 aromatic heterocycles. The van der Waals surface area contributed by atoms with E-state index in [-0.39, 0.29) is 0 Å². The zero-order chi connectivity index (χ0) is 18.5. The Kier molecular flexibility index (Phi) is 5.25. The summed E-state index contributed by atoms with van der Waals surface area (Å²) in [5.74, 6) is 2.66. The van der Waals surface area contributed by atoms with Crippen LogP contribution < -0.4 is 4.74 Å². The predicted molar refractivity (Wildman–Crippen MR) is 107 cm³/mol. The van der Waals surface area contributed by atoms with Gasteiger partial charge >= 0.3 is 0 Å². The third-order valence-corrected chi connectivity index (χ3v) is 5.27. The van der Waals surface area contributed by atoms with Crippen LogP contribution in [0.5, 0.6) is 5.75 Å². The molecule has 3 heterocycles. The maximum Gasteiger partial charge on any atom is 0.182 e. The van der Waals surface area contributed by atoms with Crippen LogP contribution in [0.1, 0.15) is 16.3 Å². The number of pyridine rings is 1. The van der Waals surface area contributed by atoms with Crippen LogP contribution >= 0.6 is 11.3 Å². The van der Waals surface area contributed by atoms with E-state index in [2.05, 4.69) is 49.4 Å². The van der Waals surface area contributed by atoms with E-state index in [0.717, 1.165) is 42.5 Å². The highest BCUT2D eigenvalue weighted by Crippen LogP contribution is 2.21. The molecule has 0 amide bonds. The predicted octanol–water partition coefficient (Wildman–Crippen LogP) is 4.24. The summed E-state index contributed by atoms with van der Waals surface area (Å²) in [6.45, 7) is 0.758. The van der Waals surface area contributed by atoms with E-state index >= 15 is 0 Å². The number of aryl methyl sites for hydroxylation is 2. The number of benzene rings is 1. The largest absolute Gasteiger partial charge is 0.497 e. The number of aromatic nitrogens is 4. The lowest BCUT2D eigenvalue weighted by atomic mass is 10.1. The molecule has 0 saturated carbocycles. The third kappa shape index (κ3) is 4.06. The molecule has 0 radical (unpaired) electrons. The summed E-state index contributed by atoms with van der Waals surface area (Å²) >= 11 is 1.74. The molecule has 4 rings (SSSR count). The maximum atomic E-state index is 5.23. The second-order valence-electron chi connectivity index (χ2n) is 6.17. The Bertz CT molecular complexity index is 979. The molecule has 136 valence electrons. The van der Waals surface area contributed by atoms with Gasteiger partial charge in [-0.05, 0) is 47.7 Å². The van der Waals surface area contributed by atoms with Crippen LogP contribution in [-0.2, 0) is 19.4 Å². The van der Waals surface area contributed by atoms with Crippen molar-refractivity contribution in [2.24, 2.45) is 0 Å². The second-order valence-corrected chi connectivity index (χ2v) is 7.20. The Hall–Kier alpha value is -2.99. The van der Waals surface area contributed by atoms with Gasteiger partial charge in [0.15, 0.2) is 5.82 Å². The van der Waals surface area contributed by atoms with Crippen molar-refractivity contribution in [3.63, 3.8) is 0 Å². The summed E-state index contributed by atoms with van der Waals surface area (Å²) in [6.07, 6.45) is 3.50. The SMILES string of the molecule is COc1ccc(CCc2nnc(-c3ccccn3)n2Cc2cccs2)cc1. The van der Waals surface area contributed by atoms with Crippen LogP contribution in [0.3, 0.4) is 0 Å². The first-order chi connectivity index (χ1) is 13.3. The smallest absolute Gasteiger partial charge is 0.182 e. The van der Waals surface area contributed by atoms with Crippen LogP contribution in [0.4, 0.5) is 0 Å². The summed E-state index contributed by atoms with van der Waals surface area (Å²) in [4.78, 5) is 5.73. The van der Waals surface area contributed by atoms with Crippen molar-refractivity contribution in [3.8, 4) is 17.3 Å². The molecule has 0 aliphatic carbocycles. The number of ether oxygens (including phenoxy) is 1. The summed E-state index contributed by atoms with van der Waals surface area (Å²) < 4.78 is 7.41. The van der Waals surface area contributed by atoms with Crippen molar-refractivity contribution in [1.82, 2.24) is 19.7 Å². The molecule has 4 aromatic rings. The fraction of sp³-hybridized carbons (Fsp3) is 0.190. The zero-order valence-corrected chi connectivity index (χ0v) is 15.9. The van der Waals surface area contributed by atoms with Gasteiger partial charge in [-0.15, -0.1) is 21.5 Å². The van der Waals surface area contributed by atoms with E-state index in [1.54, 1.807) is 24.6 Å². The molecule has 0 unspecified atom stereocenters. The molecule has 0 atom stereocenters. The average molecular weight is 376 g/mol. The number of nitrogens with zero attached hydrogens (tertiary/aromatic N) is 4. The second kappa shape index (κ2) is 8.14. The Labute approximate surface area is 162 Å². The molecule has 0 aliphatic heterocycles. The van der Waals surface area contributed by atoms with Crippen molar-refractivity contribution in [2.45, 2.75) is 19.4 Å². The minimum absolute atomic E-state index is 0.758. The van der Waals surface area contributed by atoms with E-state index in [9.17, 15) is 0 Å². The van der Waals surface area contributed by atoms with Crippen molar-refractivity contribution < 1.29 is 4.74 Å². The van der Waals surface area contributed by atoms with Gasteiger partial charge in [-0.3, -0.25) is 4.98 Å². The summed E-state index contributed by atoms with van der Waals surface area (Å²) in [6, 6.07) is 18.2. The molecule has 0 bridgehead atoms. The molecule has 0 spiro atoms. The Morgan fingerprint density at radius 3 is 2.56 bits per heavy atom. The van der Waals surface area contributed by atoms with E-state index in [0.29, 0.717) is 0 Å². The van der Waals surface area contributed by atoms with Gasteiger partial charge in [-0.25, -0.2) is 0 Å². The van der Waals surface area contributed by atoms with E-state index in [1.165, 1.54) is 10.4 Å². The monoisotopic (exact) mass is 376 g/mol. The fourth-order valence-corrected chi connectivity index (χ4v) is 3.67. The van der Waals surface area contributed by atoms with Crippen molar-refractivity contribution in [3.05, 3.63) is 82.4 Å². The maximum absolute atomic E-state index is 5.23. The zero-order valence-electron chi connectivity index (χ0n) is 15.1. The molecule has 27 heavy (non-hydrogen) atoms. The van der Waals surface area contributed by atoms with E-state index in [4.69, 9.17) is 4.74 Å². The Morgan fingerprint density at radius 1 is 0.963 bits per heavy atom. The van der Waals surface area contributed by atoms with Gasteiger partial charge in [0, 0.05) is 17.5 Å². The summed E-state index contributed by atoms with van der Waals surface area (Å²) in [5, 5.41) is 11.0. The van der Waals surface area contributed by atoms with Crippen molar-refractivity contribution >= 4 is 11.3 Å².